The molecule has 1 aliphatic rings. The Bertz CT molecular complexity index is 860. The predicted octanol–water partition coefficient (Wildman–Crippen LogP) is 2.83. The van der Waals surface area contributed by atoms with Crippen LogP contribution in [-0.4, -0.2) is 48.4 Å². The van der Waals surface area contributed by atoms with Gasteiger partial charge in [0.25, 0.3) is 5.95 Å². The van der Waals surface area contributed by atoms with Crippen LogP contribution in [0.15, 0.2) is 24.3 Å². The number of H-pyrrole nitrogens is 1. The predicted molar refractivity (Wildman–Crippen MR) is 95.4 cm³/mol. The van der Waals surface area contributed by atoms with E-state index in [-0.39, 0.29) is 0 Å². The minimum atomic E-state index is 0.440. The SMILES string of the molecule is Cc1nn(-c2nn[nH]n2)c(C)c1-c1cccc([C@H](C)N2CCCC2)c1. The van der Waals surface area contributed by atoms with E-state index in [9.17, 15) is 0 Å². The number of nitrogens with one attached hydrogen (secondary N) is 1. The first-order valence-corrected chi connectivity index (χ1v) is 8.79. The molecule has 0 spiro atoms. The number of aromatic amines is 1. The van der Waals surface area contributed by atoms with Crippen molar-refractivity contribution in [2.45, 2.75) is 39.7 Å². The normalized spacial score (nSPS) is 16.4. The average Bonchev–Trinajstić information content (AvgIpc) is 3.36. The molecule has 2 aromatic heterocycles. The second-order valence-corrected chi connectivity index (χ2v) is 6.71. The number of nitrogens with zero attached hydrogens (tertiary/aromatic N) is 6. The summed E-state index contributed by atoms with van der Waals surface area (Å²) in [4.78, 5) is 2.56. The van der Waals surface area contributed by atoms with Crippen molar-refractivity contribution in [2.24, 2.45) is 0 Å². The van der Waals surface area contributed by atoms with Gasteiger partial charge in [0, 0.05) is 11.6 Å². The molecular formula is C18H23N7. The molecule has 7 nitrogen and oxygen atoms in total. The van der Waals surface area contributed by atoms with Gasteiger partial charge in [-0.2, -0.15) is 15.0 Å². The van der Waals surface area contributed by atoms with E-state index in [1.165, 1.54) is 37.1 Å². The van der Waals surface area contributed by atoms with Crippen LogP contribution in [0.5, 0.6) is 0 Å². The van der Waals surface area contributed by atoms with Crippen LogP contribution in [0.2, 0.25) is 0 Å². The third-order valence-electron chi connectivity index (χ3n) is 5.16. The van der Waals surface area contributed by atoms with Gasteiger partial charge in [0.05, 0.1) is 11.4 Å². The van der Waals surface area contributed by atoms with Crippen LogP contribution in [-0.2, 0) is 0 Å². The fourth-order valence-electron chi connectivity index (χ4n) is 3.80. The fourth-order valence-corrected chi connectivity index (χ4v) is 3.80. The Balaban J connectivity index is 1.72. The smallest absolute Gasteiger partial charge is 0.290 e. The highest BCUT2D eigenvalue weighted by Gasteiger charge is 2.21. The van der Waals surface area contributed by atoms with E-state index in [0.717, 1.165) is 17.0 Å². The van der Waals surface area contributed by atoms with E-state index in [0.29, 0.717) is 12.0 Å². The maximum absolute atomic E-state index is 4.60. The number of rotatable bonds is 4. The van der Waals surface area contributed by atoms with Crippen LogP contribution in [0.3, 0.4) is 0 Å². The van der Waals surface area contributed by atoms with E-state index in [1.807, 2.05) is 13.8 Å². The first-order chi connectivity index (χ1) is 12.1. The van der Waals surface area contributed by atoms with Gasteiger partial charge in [-0.3, -0.25) is 4.90 Å². The Morgan fingerprint density at radius 1 is 1.16 bits per heavy atom. The quantitative estimate of drug-likeness (QED) is 0.792. The standard InChI is InChI=1S/C18H23N7/c1-12-17(14(3)25(21-12)18-19-22-23-20-18)16-8-6-7-15(11-16)13(2)24-9-4-5-10-24/h6-8,11,13H,4-5,9-10H2,1-3H3,(H,19,20,22,23)/t13-/m0/s1. The molecule has 0 bridgehead atoms. The highest BCUT2D eigenvalue weighted by atomic mass is 15.5. The molecule has 130 valence electrons. The van der Waals surface area contributed by atoms with Gasteiger partial charge >= 0.3 is 0 Å². The van der Waals surface area contributed by atoms with Crippen LogP contribution < -0.4 is 0 Å². The average molecular weight is 337 g/mol. The molecule has 3 heterocycles. The van der Waals surface area contributed by atoms with Crippen molar-refractivity contribution >= 4 is 0 Å². The molecule has 4 rings (SSSR count). The van der Waals surface area contributed by atoms with Crippen LogP contribution in [0.1, 0.15) is 42.8 Å². The Labute approximate surface area is 147 Å². The minimum absolute atomic E-state index is 0.440. The molecular weight excluding hydrogens is 314 g/mol. The van der Waals surface area contributed by atoms with Gasteiger partial charge in [-0.15, -0.1) is 5.10 Å². The maximum atomic E-state index is 4.60. The molecule has 7 heteroatoms. The third-order valence-corrected chi connectivity index (χ3v) is 5.16. The van der Waals surface area contributed by atoms with Crippen LogP contribution >= 0.6 is 0 Å². The van der Waals surface area contributed by atoms with E-state index in [1.54, 1.807) is 4.68 Å². The molecule has 0 unspecified atom stereocenters. The molecule has 3 aromatic rings. The van der Waals surface area contributed by atoms with Crippen LogP contribution in [0, 0.1) is 13.8 Å². The van der Waals surface area contributed by atoms with Crippen molar-refractivity contribution in [1.29, 1.82) is 0 Å². The van der Waals surface area contributed by atoms with Crippen molar-refractivity contribution in [2.75, 3.05) is 13.1 Å². The monoisotopic (exact) mass is 337 g/mol. The van der Waals surface area contributed by atoms with Crippen molar-refractivity contribution in [3.8, 4) is 17.1 Å². The van der Waals surface area contributed by atoms with Crippen molar-refractivity contribution < 1.29 is 0 Å². The van der Waals surface area contributed by atoms with E-state index in [4.69, 9.17) is 0 Å². The van der Waals surface area contributed by atoms with Gasteiger partial charge in [-0.05, 0) is 69.1 Å². The number of benzene rings is 1. The molecule has 0 radical (unpaired) electrons. The first kappa shape index (κ1) is 16.0. The van der Waals surface area contributed by atoms with E-state index < -0.39 is 0 Å². The summed E-state index contributed by atoms with van der Waals surface area (Å²) in [6.45, 7) is 8.75. The van der Waals surface area contributed by atoms with Crippen molar-refractivity contribution in [1.82, 2.24) is 35.3 Å². The zero-order chi connectivity index (χ0) is 17.4. The molecule has 1 saturated heterocycles. The summed E-state index contributed by atoms with van der Waals surface area (Å²) < 4.78 is 1.74. The molecule has 1 fully saturated rings. The minimum Gasteiger partial charge on any atom is -0.297 e. The van der Waals surface area contributed by atoms with Crippen molar-refractivity contribution in [3.63, 3.8) is 0 Å². The second-order valence-electron chi connectivity index (χ2n) is 6.71. The van der Waals surface area contributed by atoms with Gasteiger partial charge in [0.15, 0.2) is 0 Å². The molecule has 1 atom stereocenters. The Kier molecular flexibility index (Phi) is 4.09. The van der Waals surface area contributed by atoms with Crippen LogP contribution in [0.4, 0.5) is 0 Å². The second kappa shape index (κ2) is 6.40. The van der Waals surface area contributed by atoms with Crippen LogP contribution in [0.25, 0.3) is 17.1 Å². The lowest BCUT2D eigenvalue weighted by molar-refractivity contribution is 0.263. The van der Waals surface area contributed by atoms with Gasteiger partial charge in [-0.25, -0.2) is 0 Å². The number of likely N-dealkylation sites (tertiary alicyclic amines) is 1. The zero-order valence-electron chi connectivity index (χ0n) is 14.9. The molecule has 1 N–H and O–H groups in total. The van der Waals surface area contributed by atoms with Gasteiger partial charge in [0.1, 0.15) is 0 Å². The Morgan fingerprint density at radius 3 is 2.68 bits per heavy atom. The summed E-state index contributed by atoms with van der Waals surface area (Å²) in [7, 11) is 0. The van der Waals surface area contributed by atoms with E-state index in [2.05, 4.69) is 61.8 Å². The molecule has 25 heavy (non-hydrogen) atoms. The number of aromatic nitrogens is 6. The molecule has 0 amide bonds. The lowest BCUT2D eigenvalue weighted by Gasteiger charge is -2.24. The summed E-state index contributed by atoms with van der Waals surface area (Å²) >= 11 is 0. The lowest BCUT2D eigenvalue weighted by atomic mass is 9.98. The number of aryl methyl sites for hydroxylation is 1. The summed E-state index contributed by atoms with van der Waals surface area (Å²) in [5.41, 5.74) is 5.66. The first-order valence-electron chi connectivity index (χ1n) is 8.79. The number of tetrazole rings is 1. The maximum Gasteiger partial charge on any atom is 0.290 e. The molecule has 0 saturated carbocycles. The Morgan fingerprint density at radius 2 is 1.96 bits per heavy atom. The third kappa shape index (κ3) is 2.84. The number of hydrogen-bond acceptors (Lipinski definition) is 5. The molecule has 0 aliphatic carbocycles. The Hall–Kier alpha value is -2.54. The summed E-state index contributed by atoms with van der Waals surface area (Å²) in [6, 6.07) is 9.25. The van der Waals surface area contributed by atoms with E-state index >= 15 is 0 Å². The topological polar surface area (TPSA) is 75.5 Å². The zero-order valence-corrected chi connectivity index (χ0v) is 14.9. The molecule has 1 aromatic carbocycles. The summed E-state index contributed by atoms with van der Waals surface area (Å²) in [5, 5.41) is 18.8. The highest BCUT2D eigenvalue weighted by molar-refractivity contribution is 5.69. The highest BCUT2D eigenvalue weighted by Crippen LogP contribution is 2.32. The van der Waals surface area contributed by atoms with Gasteiger partial charge in [-0.1, -0.05) is 23.3 Å². The summed E-state index contributed by atoms with van der Waals surface area (Å²) in [6.07, 6.45) is 2.61. The molecule has 1 aliphatic heterocycles. The summed E-state index contributed by atoms with van der Waals surface area (Å²) in [5.74, 6) is 0.466. The largest absolute Gasteiger partial charge is 0.297 e. The van der Waals surface area contributed by atoms with Gasteiger partial charge < -0.3 is 0 Å². The number of hydrogen-bond donors (Lipinski definition) is 1. The van der Waals surface area contributed by atoms with Crippen molar-refractivity contribution in [3.05, 3.63) is 41.2 Å². The van der Waals surface area contributed by atoms with Gasteiger partial charge in [0.2, 0.25) is 0 Å². The lowest BCUT2D eigenvalue weighted by Crippen LogP contribution is -2.23. The fraction of sp³-hybridized carbons (Fsp3) is 0.444.